The van der Waals surface area contributed by atoms with Crippen molar-refractivity contribution in [2.24, 2.45) is 0 Å². The first-order valence-electron chi connectivity index (χ1n) is 6.07. The minimum atomic E-state index is -0.716. The number of hydrogen-bond donors (Lipinski definition) is 1. The van der Waals surface area contributed by atoms with Gasteiger partial charge in [-0.1, -0.05) is 6.92 Å². The van der Waals surface area contributed by atoms with Gasteiger partial charge in [0.2, 0.25) is 5.91 Å². The van der Waals surface area contributed by atoms with Gasteiger partial charge in [0.05, 0.1) is 10.4 Å². The number of nitro benzene ring substituents is 1. The van der Waals surface area contributed by atoms with Gasteiger partial charge in [-0.25, -0.2) is 4.79 Å². The number of amides is 1. The first-order valence-corrected chi connectivity index (χ1v) is 6.07. The smallest absolute Gasteiger partial charge is 0.408 e. The lowest BCUT2D eigenvalue weighted by Gasteiger charge is -2.03. The fraction of sp³-hybridized carbons (Fsp3) is 0.333. The van der Waals surface area contributed by atoms with Crippen LogP contribution in [0.4, 0.5) is 5.69 Å². The van der Waals surface area contributed by atoms with E-state index < -0.39 is 10.7 Å². The average molecular weight is 279 g/mol. The molecule has 0 aliphatic carbocycles. The molecule has 1 aromatic heterocycles. The van der Waals surface area contributed by atoms with Gasteiger partial charge in [-0.3, -0.25) is 19.5 Å². The molecule has 0 aliphatic rings. The van der Waals surface area contributed by atoms with E-state index in [4.69, 9.17) is 4.42 Å². The van der Waals surface area contributed by atoms with Crippen LogP contribution >= 0.6 is 0 Å². The van der Waals surface area contributed by atoms with Crippen LogP contribution in [0.5, 0.6) is 0 Å². The maximum absolute atomic E-state index is 11.7. The molecule has 106 valence electrons. The third-order valence-electron chi connectivity index (χ3n) is 2.74. The van der Waals surface area contributed by atoms with Crippen LogP contribution in [0.3, 0.4) is 0 Å². The molecule has 20 heavy (non-hydrogen) atoms. The van der Waals surface area contributed by atoms with Crippen molar-refractivity contribution in [3.63, 3.8) is 0 Å². The van der Waals surface area contributed by atoms with Gasteiger partial charge in [0.15, 0.2) is 5.58 Å². The van der Waals surface area contributed by atoms with Gasteiger partial charge in [0, 0.05) is 18.7 Å². The van der Waals surface area contributed by atoms with Crippen molar-refractivity contribution in [1.29, 1.82) is 0 Å². The summed E-state index contributed by atoms with van der Waals surface area (Å²) in [6.45, 7) is 2.18. The third kappa shape index (κ3) is 2.68. The number of nitrogens with one attached hydrogen (secondary N) is 1. The molecule has 1 aromatic carbocycles. The van der Waals surface area contributed by atoms with E-state index in [1.54, 1.807) is 0 Å². The van der Waals surface area contributed by atoms with Gasteiger partial charge in [-0.2, -0.15) is 0 Å². The number of carbonyl (C=O) groups excluding carboxylic acids is 1. The van der Waals surface area contributed by atoms with Crippen LogP contribution in [-0.2, 0) is 11.3 Å². The Morgan fingerprint density at radius 2 is 2.25 bits per heavy atom. The summed E-state index contributed by atoms with van der Waals surface area (Å²) in [5.74, 6) is -1.06. The second-order valence-corrected chi connectivity index (χ2v) is 4.21. The molecular formula is C12H13N3O5. The van der Waals surface area contributed by atoms with Crippen molar-refractivity contribution in [2.45, 2.75) is 19.9 Å². The molecule has 8 nitrogen and oxygen atoms in total. The minimum Gasteiger partial charge on any atom is -0.408 e. The number of carbonyl (C=O) groups is 1. The summed E-state index contributed by atoms with van der Waals surface area (Å²) in [5, 5.41) is 13.4. The number of nitro groups is 1. The first-order chi connectivity index (χ1) is 9.52. The fourth-order valence-corrected chi connectivity index (χ4v) is 1.78. The highest BCUT2D eigenvalue weighted by atomic mass is 16.6. The largest absolute Gasteiger partial charge is 0.420 e. The number of aromatic nitrogens is 1. The zero-order valence-corrected chi connectivity index (χ0v) is 10.8. The number of nitrogens with zero attached hydrogens (tertiary/aromatic N) is 2. The standard InChI is InChI=1S/C12H13N3O5/c1-2-5-13-11(16)7-14-9-6-8(15(18)19)3-4-10(9)20-12(14)17/h3-4,6H,2,5,7H2,1H3,(H,13,16). The van der Waals surface area contributed by atoms with Gasteiger partial charge < -0.3 is 9.73 Å². The molecule has 0 spiro atoms. The molecule has 0 bridgehead atoms. The zero-order chi connectivity index (χ0) is 14.7. The second kappa shape index (κ2) is 5.55. The second-order valence-electron chi connectivity index (χ2n) is 4.21. The maximum Gasteiger partial charge on any atom is 0.420 e. The highest BCUT2D eigenvalue weighted by Crippen LogP contribution is 2.19. The van der Waals surface area contributed by atoms with Crippen molar-refractivity contribution in [3.05, 3.63) is 38.9 Å². The molecule has 8 heteroatoms. The normalized spacial score (nSPS) is 10.7. The highest BCUT2D eigenvalue weighted by Gasteiger charge is 2.16. The Morgan fingerprint density at radius 3 is 2.90 bits per heavy atom. The first kappa shape index (κ1) is 13.8. The summed E-state index contributed by atoms with van der Waals surface area (Å²) in [5.41, 5.74) is 0.278. The quantitative estimate of drug-likeness (QED) is 0.649. The summed E-state index contributed by atoms with van der Waals surface area (Å²) in [6.07, 6.45) is 0.776. The molecule has 0 aliphatic heterocycles. The summed E-state index contributed by atoms with van der Waals surface area (Å²) in [7, 11) is 0. The maximum atomic E-state index is 11.7. The van der Waals surface area contributed by atoms with E-state index >= 15 is 0 Å². The van der Waals surface area contributed by atoms with Gasteiger partial charge >= 0.3 is 5.76 Å². The van der Waals surface area contributed by atoms with Gasteiger partial charge in [0.25, 0.3) is 5.69 Å². The van der Waals surface area contributed by atoms with Gasteiger partial charge in [0.1, 0.15) is 6.54 Å². The SMILES string of the molecule is CCCNC(=O)Cn1c(=O)oc2ccc([N+](=O)[O-])cc21. The zero-order valence-electron chi connectivity index (χ0n) is 10.8. The molecule has 2 rings (SSSR count). The van der Waals surface area contributed by atoms with Crippen LogP contribution in [0.2, 0.25) is 0 Å². The van der Waals surface area contributed by atoms with Crippen molar-refractivity contribution < 1.29 is 14.1 Å². The monoisotopic (exact) mass is 279 g/mol. The lowest BCUT2D eigenvalue weighted by Crippen LogP contribution is -2.31. The summed E-state index contributed by atoms with van der Waals surface area (Å²) < 4.78 is 6.02. The average Bonchev–Trinajstić information content (AvgIpc) is 2.72. The number of benzene rings is 1. The van der Waals surface area contributed by atoms with E-state index in [1.807, 2.05) is 6.92 Å². The number of rotatable bonds is 5. The van der Waals surface area contributed by atoms with E-state index in [2.05, 4.69) is 5.32 Å². The van der Waals surface area contributed by atoms with Crippen LogP contribution in [0.1, 0.15) is 13.3 Å². The van der Waals surface area contributed by atoms with Gasteiger partial charge in [-0.15, -0.1) is 0 Å². The number of oxazole rings is 1. The van der Waals surface area contributed by atoms with Crippen molar-refractivity contribution in [3.8, 4) is 0 Å². The number of non-ortho nitro benzene ring substituents is 1. The third-order valence-corrected chi connectivity index (χ3v) is 2.74. The predicted molar refractivity (Wildman–Crippen MR) is 70.4 cm³/mol. The Kier molecular flexibility index (Phi) is 3.83. The molecule has 0 radical (unpaired) electrons. The summed E-state index contributed by atoms with van der Waals surface area (Å²) in [6, 6.07) is 3.80. The van der Waals surface area contributed by atoms with E-state index in [1.165, 1.54) is 18.2 Å². The van der Waals surface area contributed by atoms with E-state index in [9.17, 15) is 19.7 Å². The molecule has 2 aromatic rings. The predicted octanol–water partition coefficient (Wildman–Crippen LogP) is 1.03. The Hall–Kier alpha value is -2.64. The van der Waals surface area contributed by atoms with Crippen LogP contribution < -0.4 is 11.1 Å². The molecule has 1 N–H and O–H groups in total. The molecule has 0 atom stereocenters. The van der Waals surface area contributed by atoms with Crippen molar-refractivity contribution in [1.82, 2.24) is 9.88 Å². The van der Waals surface area contributed by atoms with E-state index in [0.717, 1.165) is 11.0 Å². The summed E-state index contributed by atoms with van der Waals surface area (Å²) in [4.78, 5) is 33.5. The van der Waals surface area contributed by atoms with Crippen LogP contribution in [0.15, 0.2) is 27.4 Å². The Labute approximate surface area is 113 Å². The highest BCUT2D eigenvalue weighted by molar-refractivity contribution is 5.80. The Bertz CT molecular complexity index is 715. The molecule has 0 saturated carbocycles. The number of fused-ring (bicyclic) bond motifs is 1. The minimum absolute atomic E-state index is 0.166. The molecular weight excluding hydrogens is 266 g/mol. The van der Waals surface area contributed by atoms with Crippen LogP contribution in [-0.4, -0.2) is 21.9 Å². The lowest BCUT2D eigenvalue weighted by molar-refractivity contribution is -0.384. The fourth-order valence-electron chi connectivity index (χ4n) is 1.78. The van der Waals surface area contributed by atoms with E-state index in [-0.39, 0.29) is 29.2 Å². The van der Waals surface area contributed by atoms with Crippen LogP contribution in [0.25, 0.3) is 11.1 Å². The van der Waals surface area contributed by atoms with Crippen molar-refractivity contribution in [2.75, 3.05) is 6.54 Å². The topological polar surface area (TPSA) is 107 Å². The van der Waals surface area contributed by atoms with Crippen molar-refractivity contribution >= 4 is 22.7 Å². The Morgan fingerprint density at radius 1 is 1.50 bits per heavy atom. The molecule has 0 fully saturated rings. The van der Waals surface area contributed by atoms with Crippen LogP contribution in [0, 0.1) is 10.1 Å². The molecule has 0 saturated heterocycles. The molecule has 0 unspecified atom stereocenters. The number of hydrogen-bond acceptors (Lipinski definition) is 5. The summed E-state index contributed by atoms with van der Waals surface area (Å²) >= 11 is 0. The van der Waals surface area contributed by atoms with E-state index in [0.29, 0.717) is 6.54 Å². The Balaban J connectivity index is 2.38. The van der Waals surface area contributed by atoms with Gasteiger partial charge in [-0.05, 0) is 12.5 Å². The molecule has 1 heterocycles. The lowest BCUT2D eigenvalue weighted by atomic mass is 10.3. The molecule has 1 amide bonds.